The van der Waals surface area contributed by atoms with Crippen LogP contribution in [0.2, 0.25) is 0 Å². The van der Waals surface area contributed by atoms with E-state index < -0.39 is 11.5 Å². The Bertz CT molecular complexity index is 739. The third-order valence-corrected chi connectivity index (χ3v) is 3.62. The molecule has 5 nitrogen and oxygen atoms in total. The highest BCUT2D eigenvalue weighted by Crippen LogP contribution is 2.21. The van der Waals surface area contributed by atoms with Crippen LogP contribution in [0.3, 0.4) is 0 Å². The van der Waals surface area contributed by atoms with Crippen LogP contribution in [0, 0.1) is 5.92 Å². The van der Waals surface area contributed by atoms with Crippen molar-refractivity contribution in [3.8, 4) is 0 Å². The topological polar surface area (TPSA) is 68.4 Å². The van der Waals surface area contributed by atoms with Crippen LogP contribution in [0.4, 0.5) is 0 Å². The summed E-state index contributed by atoms with van der Waals surface area (Å²) in [5, 5.41) is 1.07. The lowest BCUT2D eigenvalue weighted by Gasteiger charge is -2.22. The quantitative estimate of drug-likeness (QED) is 0.803. The number of H-pyrrole nitrogens is 1. The van der Waals surface area contributed by atoms with Crippen LogP contribution in [0.1, 0.15) is 46.6 Å². The van der Waals surface area contributed by atoms with Crippen LogP contribution in [0.25, 0.3) is 10.9 Å². The van der Waals surface area contributed by atoms with Gasteiger partial charge >= 0.3 is 11.9 Å². The molecule has 0 fully saturated rings. The zero-order valence-electron chi connectivity index (χ0n) is 15.6. The number of ether oxygens (including phenoxy) is 2. The summed E-state index contributed by atoms with van der Waals surface area (Å²) in [4.78, 5) is 27.8. The van der Waals surface area contributed by atoms with E-state index in [9.17, 15) is 9.59 Å². The molecule has 0 unspecified atom stereocenters. The monoisotopic (exact) mass is 345 g/mol. The van der Waals surface area contributed by atoms with Crippen molar-refractivity contribution in [2.75, 3.05) is 0 Å². The molecular formula is C20H27NO4. The number of rotatable bonds is 6. The Kier molecular flexibility index (Phi) is 5.88. The minimum Gasteiger partial charge on any atom is -0.463 e. The summed E-state index contributed by atoms with van der Waals surface area (Å²) in [5.74, 6) is -1.32. The van der Waals surface area contributed by atoms with Crippen molar-refractivity contribution in [1.29, 1.82) is 0 Å². The molecule has 1 N–H and O–H groups in total. The lowest BCUT2D eigenvalue weighted by molar-refractivity contribution is -0.163. The Labute approximate surface area is 148 Å². The zero-order chi connectivity index (χ0) is 18.6. The van der Waals surface area contributed by atoms with E-state index in [1.165, 1.54) is 0 Å². The molecule has 1 atom stereocenters. The average Bonchev–Trinajstić information content (AvgIpc) is 2.91. The van der Waals surface area contributed by atoms with Crippen LogP contribution in [-0.4, -0.2) is 28.6 Å². The summed E-state index contributed by atoms with van der Waals surface area (Å²) in [6.07, 6.45) is 2.10. The SMILES string of the molecule is CC(C)OC(=O)[C@H](CC(=O)OC(C)(C)C)Cc1ccc2[nH]ccc2c1. The number of carbonyl (C=O) groups excluding carboxylic acids is 2. The van der Waals surface area contributed by atoms with E-state index >= 15 is 0 Å². The maximum absolute atomic E-state index is 12.4. The van der Waals surface area contributed by atoms with Crippen molar-refractivity contribution >= 4 is 22.8 Å². The molecule has 0 aliphatic rings. The number of nitrogens with one attached hydrogen (secondary N) is 1. The van der Waals surface area contributed by atoms with Gasteiger partial charge in [0.1, 0.15) is 5.60 Å². The molecule has 25 heavy (non-hydrogen) atoms. The Morgan fingerprint density at radius 3 is 2.52 bits per heavy atom. The molecular weight excluding hydrogens is 318 g/mol. The Balaban J connectivity index is 2.15. The van der Waals surface area contributed by atoms with Gasteiger partial charge in [-0.1, -0.05) is 6.07 Å². The maximum atomic E-state index is 12.4. The van der Waals surface area contributed by atoms with Crippen LogP contribution in [0.15, 0.2) is 30.5 Å². The van der Waals surface area contributed by atoms with Gasteiger partial charge in [-0.3, -0.25) is 9.59 Å². The predicted octanol–water partition coefficient (Wildman–Crippen LogP) is 4.01. The number of benzene rings is 1. The van der Waals surface area contributed by atoms with Gasteiger partial charge in [0.2, 0.25) is 0 Å². The molecule has 0 aliphatic carbocycles. The minimum absolute atomic E-state index is 0.00793. The van der Waals surface area contributed by atoms with Gasteiger partial charge in [0.25, 0.3) is 0 Å². The second-order valence-corrected chi connectivity index (χ2v) is 7.58. The lowest BCUT2D eigenvalue weighted by Crippen LogP contribution is -2.30. The van der Waals surface area contributed by atoms with Gasteiger partial charge in [-0.2, -0.15) is 0 Å². The fourth-order valence-electron chi connectivity index (χ4n) is 2.67. The van der Waals surface area contributed by atoms with E-state index in [0.29, 0.717) is 6.42 Å². The summed E-state index contributed by atoms with van der Waals surface area (Å²) >= 11 is 0. The minimum atomic E-state index is -0.576. The van der Waals surface area contributed by atoms with E-state index in [2.05, 4.69) is 4.98 Å². The van der Waals surface area contributed by atoms with Crippen molar-refractivity contribution in [2.45, 2.75) is 59.2 Å². The molecule has 0 amide bonds. The van der Waals surface area contributed by atoms with Gasteiger partial charge in [-0.15, -0.1) is 0 Å². The van der Waals surface area contributed by atoms with E-state index in [4.69, 9.17) is 9.47 Å². The Morgan fingerprint density at radius 1 is 1.16 bits per heavy atom. The van der Waals surface area contributed by atoms with Crippen LogP contribution >= 0.6 is 0 Å². The van der Waals surface area contributed by atoms with Crippen molar-refractivity contribution in [2.24, 2.45) is 5.92 Å². The zero-order valence-corrected chi connectivity index (χ0v) is 15.6. The molecule has 1 heterocycles. The standard InChI is InChI=1S/C20H27NO4/c1-13(2)24-19(23)16(12-18(22)25-20(3,4)5)11-14-6-7-17-15(10-14)8-9-21-17/h6-10,13,16,21H,11-12H2,1-5H3/t16-/m0/s1. The van der Waals surface area contributed by atoms with Crippen molar-refractivity contribution in [3.63, 3.8) is 0 Å². The fraction of sp³-hybridized carbons (Fsp3) is 0.500. The average molecular weight is 345 g/mol. The van der Waals surface area contributed by atoms with E-state index in [0.717, 1.165) is 16.5 Å². The van der Waals surface area contributed by atoms with Gasteiger partial charge in [0, 0.05) is 11.7 Å². The van der Waals surface area contributed by atoms with Crippen molar-refractivity contribution < 1.29 is 19.1 Å². The Morgan fingerprint density at radius 2 is 1.88 bits per heavy atom. The largest absolute Gasteiger partial charge is 0.463 e. The second kappa shape index (κ2) is 7.72. The van der Waals surface area contributed by atoms with Gasteiger partial charge in [0.15, 0.2) is 0 Å². The summed E-state index contributed by atoms with van der Waals surface area (Å²) in [6.45, 7) is 9.03. The van der Waals surface area contributed by atoms with Crippen molar-refractivity contribution in [3.05, 3.63) is 36.0 Å². The first kappa shape index (κ1) is 19.0. The first-order valence-corrected chi connectivity index (χ1v) is 8.62. The summed E-state index contributed by atoms with van der Waals surface area (Å²) in [7, 11) is 0. The number of hydrogen-bond acceptors (Lipinski definition) is 4. The molecule has 0 saturated carbocycles. The van der Waals surface area contributed by atoms with Gasteiger partial charge in [-0.05, 0) is 70.2 Å². The van der Waals surface area contributed by atoms with Gasteiger partial charge < -0.3 is 14.5 Å². The van der Waals surface area contributed by atoms with E-state index in [1.54, 1.807) is 13.8 Å². The lowest BCUT2D eigenvalue weighted by atomic mass is 9.95. The highest BCUT2D eigenvalue weighted by Gasteiger charge is 2.27. The molecule has 0 spiro atoms. The van der Waals surface area contributed by atoms with Crippen LogP contribution < -0.4 is 0 Å². The fourth-order valence-corrected chi connectivity index (χ4v) is 2.67. The van der Waals surface area contributed by atoms with Crippen LogP contribution in [-0.2, 0) is 25.5 Å². The number of aromatic amines is 1. The molecule has 0 aliphatic heterocycles. The third kappa shape index (κ3) is 5.93. The molecule has 5 heteroatoms. The first-order chi connectivity index (χ1) is 11.6. The van der Waals surface area contributed by atoms with Crippen LogP contribution in [0.5, 0.6) is 0 Å². The number of hydrogen-bond donors (Lipinski definition) is 1. The number of esters is 2. The van der Waals surface area contributed by atoms with E-state index in [-0.39, 0.29) is 24.5 Å². The summed E-state index contributed by atoms with van der Waals surface area (Å²) < 4.78 is 10.7. The molecule has 2 rings (SSSR count). The highest BCUT2D eigenvalue weighted by molar-refractivity contribution is 5.82. The second-order valence-electron chi connectivity index (χ2n) is 7.58. The van der Waals surface area contributed by atoms with Crippen molar-refractivity contribution in [1.82, 2.24) is 4.98 Å². The molecule has 0 saturated heterocycles. The molecule has 2 aromatic rings. The van der Waals surface area contributed by atoms with Gasteiger partial charge in [0.05, 0.1) is 18.4 Å². The highest BCUT2D eigenvalue weighted by atomic mass is 16.6. The number of aromatic nitrogens is 1. The van der Waals surface area contributed by atoms with E-state index in [1.807, 2.05) is 51.2 Å². The normalized spacial score (nSPS) is 13.0. The first-order valence-electron chi connectivity index (χ1n) is 8.62. The van der Waals surface area contributed by atoms with Gasteiger partial charge in [-0.25, -0.2) is 0 Å². The maximum Gasteiger partial charge on any atom is 0.310 e. The predicted molar refractivity (Wildman–Crippen MR) is 97.2 cm³/mol. The smallest absolute Gasteiger partial charge is 0.310 e. The summed E-state index contributed by atoms with van der Waals surface area (Å²) in [5.41, 5.74) is 1.45. The molecule has 0 radical (unpaired) electrons. The number of fused-ring (bicyclic) bond motifs is 1. The molecule has 136 valence electrons. The Hall–Kier alpha value is -2.30. The summed E-state index contributed by atoms with van der Waals surface area (Å²) in [6, 6.07) is 7.94. The molecule has 0 bridgehead atoms. The molecule has 1 aromatic carbocycles. The number of carbonyl (C=O) groups is 2. The molecule has 1 aromatic heterocycles. The third-order valence-electron chi connectivity index (χ3n) is 3.62.